The SMILES string of the molecule is CC(Cc1ccccn1)(C(N)=O)c1cscn1. The summed E-state index contributed by atoms with van der Waals surface area (Å²) in [6, 6.07) is 5.62. The fourth-order valence-electron chi connectivity index (χ4n) is 1.65. The van der Waals surface area contributed by atoms with E-state index in [-0.39, 0.29) is 5.91 Å². The Bertz CT molecular complexity index is 498. The van der Waals surface area contributed by atoms with Crippen LogP contribution < -0.4 is 5.73 Å². The Morgan fingerprint density at radius 3 is 2.82 bits per heavy atom. The first-order valence-electron chi connectivity index (χ1n) is 5.21. The minimum Gasteiger partial charge on any atom is -0.369 e. The molecule has 2 N–H and O–H groups in total. The van der Waals surface area contributed by atoms with Crippen LogP contribution in [0, 0.1) is 0 Å². The Labute approximate surface area is 104 Å². The maximum Gasteiger partial charge on any atom is 0.229 e. The first-order chi connectivity index (χ1) is 8.13. The predicted octanol–water partition coefficient (Wildman–Crippen LogP) is 1.52. The maximum atomic E-state index is 11.7. The van der Waals surface area contributed by atoms with E-state index in [1.54, 1.807) is 18.6 Å². The van der Waals surface area contributed by atoms with Gasteiger partial charge in [-0.15, -0.1) is 11.3 Å². The molecule has 2 aromatic heterocycles. The van der Waals surface area contributed by atoms with Crippen LogP contribution in [0.1, 0.15) is 18.3 Å². The highest BCUT2D eigenvalue weighted by atomic mass is 32.1. The Morgan fingerprint density at radius 1 is 1.47 bits per heavy atom. The third-order valence-corrected chi connectivity index (χ3v) is 3.39. The Hall–Kier alpha value is -1.75. The second kappa shape index (κ2) is 4.63. The molecule has 0 saturated carbocycles. The van der Waals surface area contributed by atoms with E-state index < -0.39 is 5.41 Å². The van der Waals surface area contributed by atoms with Crippen LogP contribution in [0.25, 0.3) is 0 Å². The lowest BCUT2D eigenvalue weighted by Crippen LogP contribution is -2.41. The summed E-state index contributed by atoms with van der Waals surface area (Å²) in [6.07, 6.45) is 2.17. The lowest BCUT2D eigenvalue weighted by atomic mass is 9.81. The molecule has 88 valence electrons. The van der Waals surface area contributed by atoms with Gasteiger partial charge >= 0.3 is 0 Å². The lowest BCUT2D eigenvalue weighted by molar-refractivity contribution is -0.123. The van der Waals surface area contributed by atoms with Crippen molar-refractivity contribution in [3.05, 3.63) is 46.7 Å². The van der Waals surface area contributed by atoms with Gasteiger partial charge in [-0.05, 0) is 19.1 Å². The number of pyridine rings is 1. The predicted molar refractivity (Wildman–Crippen MR) is 66.6 cm³/mol. The lowest BCUT2D eigenvalue weighted by Gasteiger charge is -2.23. The molecule has 0 aliphatic rings. The summed E-state index contributed by atoms with van der Waals surface area (Å²) in [7, 11) is 0. The van der Waals surface area contributed by atoms with Crippen molar-refractivity contribution in [1.29, 1.82) is 0 Å². The number of carbonyl (C=O) groups excluding carboxylic acids is 1. The van der Waals surface area contributed by atoms with Gasteiger partial charge in [-0.25, -0.2) is 4.98 Å². The Morgan fingerprint density at radius 2 is 2.29 bits per heavy atom. The molecule has 2 rings (SSSR count). The average molecular weight is 247 g/mol. The number of nitrogens with zero attached hydrogens (tertiary/aromatic N) is 2. The number of hydrogen-bond acceptors (Lipinski definition) is 4. The van der Waals surface area contributed by atoms with Crippen molar-refractivity contribution in [2.45, 2.75) is 18.8 Å². The van der Waals surface area contributed by atoms with Crippen molar-refractivity contribution >= 4 is 17.2 Å². The van der Waals surface area contributed by atoms with Gasteiger partial charge in [-0.2, -0.15) is 0 Å². The van der Waals surface area contributed by atoms with Crippen molar-refractivity contribution in [3.8, 4) is 0 Å². The van der Waals surface area contributed by atoms with Crippen LogP contribution in [0.4, 0.5) is 0 Å². The highest BCUT2D eigenvalue weighted by Gasteiger charge is 2.35. The summed E-state index contributed by atoms with van der Waals surface area (Å²) in [6.45, 7) is 1.80. The first-order valence-corrected chi connectivity index (χ1v) is 6.16. The molecule has 0 fully saturated rings. The van der Waals surface area contributed by atoms with Crippen molar-refractivity contribution in [3.63, 3.8) is 0 Å². The summed E-state index contributed by atoms with van der Waals surface area (Å²) >= 11 is 1.46. The smallest absolute Gasteiger partial charge is 0.229 e. The number of aromatic nitrogens is 2. The van der Waals surface area contributed by atoms with Crippen molar-refractivity contribution in [2.75, 3.05) is 0 Å². The largest absolute Gasteiger partial charge is 0.369 e. The van der Waals surface area contributed by atoms with E-state index in [1.165, 1.54) is 11.3 Å². The van der Waals surface area contributed by atoms with Crippen molar-refractivity contribution < 1.29 is 4.79 Å². The van der Waals surface area contributed by atoms with Gasteiger partial charge in [0.2, 0.25) is 5.91 Å². The van der Waals surface area contributed by atoms with Crippen LogP contribution >= 0.6 is 11.3 Å². The monoisotopic (exact) mass is 247 g/mol. The molecule has 17 heavy (non-hydrogen) atoms. The molecule has 0 radical (unpaired) electrons. The zero-order valence-corrected chi connectivity index (χ0v) is 10.3. The Kier molecular flexibility index (Phi) is 3.19. The molecule has 0 aromatic carbocycles. The quantitative estimate of drug-likeness (QED) is 0.890. The van der Waals surface area contributed by atoms with Gasteiger partial charge < -0.3 is 5.73 Å². The number of nitrogens with two attached hydrogens (primary N) is 1. The highest BCUT2D eigenvalue weighted by molar-refractivity contribution is 7.07. The van der Waals surface area contributed by atoms with Gasteiger partial charge in [0.25, 0.3) is 0 Å². The topological polar surface area (TPSA) is 68.9 Å². The number of rotatable bonds is 4. The molecule has 2 aromatic rings. The average Bonchev–Trinajstić information content (AvgIpc) is 2.84. The molecule has 0 aliphatic heterocycles. The van der Waals surface area contributed by atoms with E-state index in [2.05, 4.69) is 9.97 Å². The van der Waals surface area contributed by atoms with Crippen LogP contribution in [-0.2, 0) is 16.6 Å². The van der Waals surface area contributed by atoms with Crippen molar-refractivity contribution in [1.82, 2.24) is 9.97 Å². The number of thiazole rings is 1. The highest BCUT2D eigenvalue weighted by Crippen LogP contribution is 2.27. The van der Waals surface area contributed by atoms with E-state index in [0.29, 0.717) is 12.1 Å². The molecular weight excluding hydrogens is 234 g/mol. The normalized spacial score (nSPS) is 14.2. The number of primary amides is 1. The fraction of sp³-hybridized carbons (Fsp3) is 0.250. The molecule has 1 unspecified atom stereocenters. The summed E-state index contributed by atoms with van der Waals surface area (Å²) in [5, 5.41) is 1.85. The number of hydrogen-bond donors (Lipinski definition) is 1. The summed E-state index contributed by atoms with van der Waals surface area (Å²) in [5.41, 5.74) is 7.96. The first kappa shape index (κ1) is 11.7. The molecule has 1 atom stereocenters. The maximum absolute atomic E-state index is 11.7. The molecular formula is C12H13N3OS. The minimum absolute atomic E-state index is 0.381. The second-order valence-corrected chi connectivity index (χ2v) is 4.79. The molecule has 1 amide bonds. The number of amides is 1. The van der Waals surface area contributed by atoms with Crippen LogP contribution in [0.2, 0.25) is 0 Å². The third kappa shape index (κ3) is 2.34. The van der Waals surface area contributed by atoms with E-state index in [9.17, 15) is 4.79 Å². The van der Waals surface area contributed by atoms with E-state index in [4.69, 9.17) is 5.73 Å². The Balaban J connectivity index is 2.34. The molecule has 4 nitrogen and oxygen atoms in total. The third-order valence-electron chi connectivity index (χ3n) is 2.80. The van der Waals surface area contributed by atoms with Gasteiger partial charge in [-0.1, -0.05) is 6.07 Å². The van der Waals surface area contributed by atoms with Gasteiger partial charge in [0.1, 0.15) is 0 Å². The second-order valence-electron chi connectivity index (χ2n) is 4.07. The molecule has 5 heteroatoms. The number of carbonyl (C=O) groups is 1. The standard InChI is InChI=1S/C12H13N3OS/c1-12(11(13)16,10-7-17-8-15-10)6-9-4-2-3-5-14-9/h2-5,7-8H,6H2,1H3,(H2,13,16). The van der Waals surface area contributed by atoms with E-state index >= 15 is 0 Å². The molecule has 0 saturated heterocycles. The van der Waals surface area contributed by atoms with Crippen LogP contribution in [0.15, 0.2) is 35.3 Å². The zero-order chi connectivity index (χ0) is 12.3. The fourth-order valence-corrected chi connectivity index (χ4v) is 2.34. The van der Waals surface area contributed by atoms with Crippen LogP contribution in [0.5, 0.6) is 0 Å². The molecule has 0 aliphatic carbocycles. The van der Waals surface area contributed by atoms with E-state index in [0.717, 1.165) is 5.69 Å². The van der Waals surface area contributed by atoms with Gasteiger partial charge in [0.15, 0.2) is 0 Å². The minimum atomic E-state index is -0.797. The van der Waals surface area contributed by atoms with E-state index in [1.807, 2.05) is 23.6 Å². The summed E-state index contributed by atoms with van der Waals surface area (Å²) < 4.78 is 0. The van der Waals surface area contributed by atoms with Gasteiger partial charge in [0, 0.05) is 23.7 Å². The van der Waals surface area contributed by atoms with Crippen molar-refractivity contribution in [2.24, 2.45) is 5.73 Å². The molecule has 2 heterocycles. The summed E-state index contributed by atoms with van der Waals surface area (Å²) in [5.74, 6) is -0.381. The van der Waals surface area contributed by atoms with Gasteiger partial charge in [0.05, 0.1) is 16.6 Å². The van der Waals surface area contributed by atoms with Crippen LogP contribution in [0.3, 0.4) is 0 Å². The van der Waals surface area contributed by atoms with Gasteiger partial charge in [-0.3, -0.25) is 9.78 Å². The summed E-state index contributed by atoms with van der Waals surface area (Å²) in [4.78, 5) is 20.1. The molecule has 0 bridgehead atoms. The zero-order valence-electron chi connectivity index (χ0n) is 9.46. The molecule has 0 spiro atoms. The van der Waals surface area contributed by atoms with Crippen LogP contribution in [-0.4, -0.2) is 15.9 Å².